The summed E-state index contributed by atoms with van der Waals surface area (Å²) in [6.45, 7) is 3.12. The molecule has 112 valence electrons. The normalized spacial score (nSPS) is 12.3. The fourth-order valence-electron chi connectivity index (χ4n) is 2.42. The Hall–Kier alpha value is -1.38. The van der Waals surface area contributed by atoms with Crippen LogP contribution >= 0.6 is 11.6 Å². The smallest absolute Gasteiger partial charge is 0.124 e. The number of nitrogens with one attached hydrogen (secondary N) is 1. The van der Waals surface area contributed by atoms with Crippen LogP contribution < -0.4 is 5.32 Å². The highest BCUT2D eigenvalue weighted by atomic mass is 35.5. The van der Waals surface area contributed by atoms with Crippen LogP contribution in [0.1, 0.15) is 24.5 Å². The van der Waals surface area contributed by atoms with Gasteiger partial charge in [0.25, 0.3) is 0 Å². The van der Waals surface area contributed by atoms with Crippen molar-refractivity contribution in [2.45, 2.75) is 32.2 Å². The van der Waals surface area contributed by atoms with E-state index in [4.69, 9.17) is 11.6 Å². The monoisotopic (exact) mass is 305 g/mol. The highest BCUT2D eigenvalue weighted by molar-refractivity contribution is 6.31. The third kappa shape index (κ3) is 5.14. The molecule has 0 aromatic heterocycles. The molecule has 1 atom stereocenters. The maximum absolute atomic E-state index is 13.1. The minimum atomic E-state index is -0.287. The third-order valence-electron chi connectivity index (χ3n) is 3.49. The standard InChI is InChI=1S/C18H21ClFN/c1-2-10-21-17(11-14-6-4-3-5-7-14)12-15-8-9-16(20)13-18(15)19/h3-9,13,17,21H,2,10-12H2,1H3. The van der Waals surface area contributed by atoms with Crippen molar-refractivity contribution in [1.29, 1.82) is 0 Å². The Bertz CT molecular complexity index is 556. The molecule has 21 heavy (non-hydrogen) atoms. The number of halogens is 2. The van der Waals surface area contributed by atoms with Gasteiger partial charge in [0, 0.05) is 11.1 Å². The largest absolute Gasteiger partial charge is 0.313 e. The Morgan fingerprint density at radius 2 is 1.86 bits per heavy atom. The average Bonchev–Trinajstić information content (AvgIpc) is 2.48. The maximum Gasteiger partial charge on any atom is 0.124 e. The summed E-state index contributed by atoms with van der Waals surface area (Å²) in [5.74, 6) is -0.287. The van der Waals surface area contributed by atoms with E-state index in [0.29, 0.717) is 11.1 Å². The SMILES string of the molecule is CCCNC(Cc1ccccc1)Cc1ccc(F)cc1Cl. The molecule has 0 spiro atoms. The fourth-order valence-corrected chi connectivity index (χ4v) is 2.66. The van der Waals surface area contributed by atoms with Gasteiger partial charge in [0.2, 0.25) is 0 Å². The average molecular weight is 306 g/mol. The Kier molecular flexibility index (Phi) is 6.21. The molecule has 1 N–H and O–H groups in total. The molecular formula is C18H21ClFN. The first-order valence-corrected chi connectivity index (χ1v) is 7.78. The highest BCUT2D eigenvalue weighted by Gasteiger charge is 2.12. The van der Waals surface area contributed by atoms with Crippen LogP contribution in [0.2, 0.25) is 5.02 Å². The lowest BCUT2D eigenvalue weighted by Crippen LogP contribution is -2.33. The summed E-state index contributed by atoms with van der Waals surface area (Å²) in [5.41, 5.74) is 2.28. The molecule has 2 aromatic carbocycles. The van der Waals surface area contributed by atoms with Crippen LogP contribution in [0.5, 0.6) is 0 Å². The van der Waals surface area contributed by atoms with Gasteiger partial charge in [-0.1, -0.05) is 54.9 Å². The molecule has 0 bridgehead atoms. The van der Waals surface area contributed by atoms with Crippen LogP contribution in [-0.4, -0.2) is 12.6 Å². The summed E-state index contributed by atoms with van der Waals surface area (Å²) in [4.78, 5) is 0. The number of hydrogen-bond acceptors (Lipinski definition) is 1. The van der Waals surface area contributed by atoms with Crippen molar-refractivity contribution >= 4 is 11.6 Å². The van der Waals surface area contributed by atoms with Crippen LogP contribution in [0.4, 0.5) is 4.39 Å². The number of benzene rings is 2. The number of hydrogen-bond donors (Lipinski definition) is 1. The lowest BCUT2D eigenvalue weighted by Gasteiger charge is -2.19. The molecule has 0 heterocycles. The van der Waals surface area contributed by atoms with E-state index in [0.717, 1.165) is 31.4 Å². The van der Waals surface area contributed by atoms with E-state index in [1.54, 1.807) is 6.07 Å². The summed E-state index contributed by atoms with van der Waals surface area (Å²) >= 11 is 6.14. The molecule has 0 radical (unpaired) electrons. The second-order valence-electron chi connectivity index (χ2n) is 5.28. The van der Waals surface area contributed by atoms with Crippen molar-refractivity contribution in [3.05, 3.63) is 70.5 Å². The van der Waals surface area contributed by atoms with E-state index in [9.17, 15) is 4.39 Å². The zero-order valence-electron chi connectivity index (χ0n) is 12.3. The van der Waals surface area contributed by atoms with Crippen molar-refractivity contribution in [2.75, 3.05) is 6.54 Å². The summed E-state index contributed by atoms with van der Waals surface area (Å²) in [6, 6.07) is 15.3. The van der Waals surface area contributed by atoms with E-state index >= 15 is 0 Å². The highest BCUT2D eigenvalue weighted by Crippen LogP contribution is 2.20. The van der Waals surface area contributed by atoms with Crippen LogP contribution in [0.15, 0.2) is 48.5 Å². The van der Waals surface area contributed by atoms with Gasteiger partial charge in [0.15, 0.2) is 0 Å². The van der Waals surface area contributed by atoms with Crippen molar-refractivity contribution < 1.29 is 4.39 Å². The van der Waals surface area contributed by atoms with Crippen molar-refractivity contribution in [2.24, 2.45) is 0 Å². The Morgan fingerprint density at radius 3 is 2.52 bits per heavy atom. The lowest BCUT2D eigenvalue weighted by molar-refractivity contribution is 0.504. The van der Waals surface area contributed by atoms with Crippen molar-refractivity contribution in [3.63, 3.8) is 0 Å². The second-order valence-corrected chi connectivity index (χ2v) is 5.69. The Balaban J connectivity index is 2.08. The second kappa shape index (κ2) is 8.16. The van der Waals surface area contributed by atoms with Gasteiger partial charge in [-0.05, 0) is 49.1 Å². The first kappa shape index (κ1) is 16.0. The van der Waals surface area contributed by atoms with Crippen LogP contribution in [0, 0.1) is 5.82 Å². The summed E-state index contributed by atoms with van der Waals surface area (Å²) in [5, 5.41) is 4.06. The van der Waals surface area contributed by atoms with Gasteiger partial charge in [-0.15, -0.1) is 0 Å². The van der Waals surface area contributed by atoms with E-state index in [-0.39, 0.29) is 5.82 Å². The van der Waals surface area contributed by atoms with Gasteiger partial charge < -0.3 is 5.32 Å². The Labute approximate surface area is 131 Å². The number of rotatable bonds is 7. The Morgan fingerprint density at radius 1 is 1.10 bits per heavy atom. The fraction of sp³-hybridized carbons (Fsp3) is 0.333. The first-order valence-electron chi connectivity index (χ1n) is 7.40. The topological polar surface area (TPSA) is 12.0 Å². The molecule has 0 aliphatic heterocycles. The van der Waals surface area contributed by atoms with Gasteiger partial charge in [-0.25, -0.2) is 4.39 Å². The summed E-state index contributed by atoms with van der Waals surface area (Å²) in [7, 11) is 0. The van der Waals surface area contributed by atoms with Gasteiger partial charge >= 0.3 is 0 Å². The third-order valence-corrected chi connectivity index (χ3v) is 3.84. The molecule has 0 amide bonds. The lowest BCUT2D eigenvalue weighted by atomic mass is 9.98. The van der Waals surface area contributed by atoms with Crippen LogP contribution in [-0.2, 0) is 12.8 Å². The van der Waals surface area contributed by atoms with Gasteiger partial charge in [0.05, 0.1) is 0 Å². The molecule has 0 saturated carbocycles. The minimum absolute atomic E-state index is 0.287. The molecular weight excluding hydrogens is 285 g/mol. The van der Waals surface area contributed by atoms with Crippen LogP contribution in [0.25, 0.3) is 0 Å². The van der Waals surface area contributed by atoms with E-state index < -0.39 is 0 Å². The van der Waals surface area contributed by atoms with Gasteiger partial charge in [0.1, 0.15) is 5.82 Å². The van der Waals surface area contributed by atoms with E-state index in [1.165, 1.54) is 17.7 Å². The van der Waals surface area contributed by atoms with Crippen LogP contribution in [0.3, 0.4) is 0 Å². The van der Waals surface area contributed by atoms with Crippen molar-refractivity contribution in [1.82, 2.24) is 5.32 Å². The molecule has 0 aliphatic carbocycles. The van der Waals surface area contributed by atoms with E-state index in [1.807, 2.05) is 6.07 Å². The zero-order valence-corrected chi connectivity index (χ0v) is 13.0. The summed E-state index contributed by atoms with van der Waals surface area (Å²) in [6.07, 6.45) is 2.82. The predicted octanol–water partition coefficient (Wildman–Crippen LogP) is 4.63. The molecule has 2 rings (SSSR count). The molecule has 1 unspecified atom stereocenters. The molecule has 0 aliphatic rings. The van der Waals surface area contributed by atoms with Gasteiger partial charge in [-0.3, -0.25) is 0 Å². The molecule has 1 nitrogen and oxygen atoms in total. The predicted molar refractivity (Wildman–Crippen MR) is 87.3 cm³/mol. The quantitative estimate of drug-likeness (QED) is 0.786. The van der Waals surface area contributed by atoms with Crippen molar-refractivity contribution in [3.8, 4) is 0 Å². The first-order chi connectivity index (χ1) is 10.2. The minimum Gasteiger partial charge on any atom is -0.313 e. The molecule has 2 aromatic rings. The van der Waals surface area contributed by atoms with E-state index in [2.05, 4.69) is 36.5 Å². The summed E-state index contributed by atoms with van der Waals surface area (Å²) < 4.78 is 13.1. The molecule has 0 saturated heterocycles. The maximum atomic E-state index is 13.1. The molecule has 3 heteroatoms. The molecule has 0 fully saturated rings. The zero-order chi connectivity index (χ0) is 15.1. The van der Waals surface area contributed by atoms with Gasteiger partial charge in [-0.2, -0.15) is 0 Å².